The monoisotopic (exact) mass is 365 g/mol. The number of nitriles is 1. The number of fused-ring (bicyclic) bond motifs is 1. The standard InChI is InChI=1S/C15H16FN5O3S/c1-24-9-14-18-15-12(3-2-6-21(15)19-14)20-25(22,23)13-5-4-11(16)7-10(13)8-17/h4-5,7,12,20H,2-3,6,9H2,1H3/t12-/m0/s1. The number of aryl methyl sites for hydroxylation is 1. The molecule has 0 bridgehead atoms. The summed E-state index contributed by atoms with van der Waals surface area (Å²) < 4.78 is 47.8. The lowest BCUT2D eigenvalue weighted by Crippen LogP contribution is -2.33. The first-order chi connectivity index (χ1) is 11.9. The van der Waals surface area contributed by atoms with E-state index in [4.69, 9.17) is 10.00 Å². The fourth-order valence-corrected chi connectivity index (χ4v) is 4.14. The minimum atomic E-state index is -4.02. The molecule has 1 aliphatic rings. The van der Waals surface area contributed by atoms with Gasteiger partial charge in [-0.2, -0.15) is 10.4 Å². The molecule has 1 atom stereocenters. The van der Waals surface area contributed by atoms with E-state index in [-0.39, 0.29) is 17.1 Å². The van der Waals surface area contributed by atoms with Crippen molar-refractivity contribution < 1.29 is 17.5 Å². The van der Waals surface area contributed by atoms with E-state index in [1.807, 2.05) is 0 Å². The van der Waals surface area contributed by atoms with E-state index in [1.165, 1.54) is 7.11 Å². The van der Waals surface area contributed by atoms with Gasteiger partial charge in [0.2, 0.25) is 10.0 Å². The van der Waals surface area contributed by atoms with Gasteiger partial charge in [0.1, 0.15) is 24.3 Å². The second-order valence-electron chi connectivity index (χ2n) is 5.61. The highest BCUT2D eigenvalue weighted by molar-refractivity contribution is 7.89. The average Bonchev–Trinajstić information content (AvgIpc) is 2.98. The SMILES string of the molecule is COCc1nc2n(n1)CCC[C@@H]2NS(=O)(=O)c1ccc(F)cc1C#N. The molecule has 0 unspecified atom stereocenters. The zero-order chi connectivity index (χ0) is 18.0. The zero-order valence-electron chi connectivity index (χ0n) is 13.4. The molecular weight excluding hydrogens is 349 g/mol. The molecule has 2 aromatic rings. The van der Waals surface area contributed by atoms with Crippen molar-refractivity contribution in [2.75, 3.05) is 7.11 Å². The molecule has 1 aliphatic heterocycles. The van der Waals surface area contributed by atoms with E-state index < -0.39 is 21.9 Å². The smallest absolute Gasteiger partial charge is 0.242 e. The number of hydrogen-bond donors (Lipinski definition) is 1. The quantitative estimate of drug-likeness (QED) is 0.854. The van der Waals surface area contributed by atoms with E-state index in [0.717, 1.165) is 24.6 Å². The average molecular weight is 365 g/mol. The van der Waals surface area contributed by atoms with E-state index in [9.17, 15) is 12.8 Å². The second kappa shape index (κ2) is 6.87. The number of nitrogens with zero attached hydrogens (tertiary/aromatic N) is 4. The van der Waals surface area contributed by atoms with Crippen LogP contribution in [0.15, 0.2) is 23.1 Å². The summed E-state index contributed by atoms with van der Waals surface area (Å²) in [5.41, 5.74) is -0.246. The predicted octanol–water partition coefficient (Wildman–Crippen LogP) is 1.25. The molecule has 0 amide bonds. The van der Waals surface area contributed by atoms with Crippen molar-refractivity contribution in [3.8, 4) is 6.07 Å². The Labute approximate surface area is 144 Å². The molecule has 1 aromatic carbocycles. The number of sulfonamides is 1. The maximum Gasteiger partial charge on any atom is 0.242 e. The van der Waals surface area contributed by atoms with Gasteiger partial charge < -0.3 is 4.74 Å². The Kier molecular flexibility index (Phi) is 4.80. The number of hydrogen-bond acceptors (Lipinski definition) is 6. The van der Waals surface area contributed by atoms with Gasteiger partial charge in [-0.15, -0.1) is 0 Å². The van der Waals surface area contributed by atoms with Crippen LogP contribution in [0, 0.1) is 17.1 Å². The van der Waals surface area contributed by atoms with Gasteiger partial charge in [-0.3, -0.25) is 0 Å². The number of rotatable bonds is 5. The van der Waals surface area contributed by atoms with E-state index in [1.54, 1.807) is 10.8 Å². The van der Waals surface area contributed by atoms with E-state index >= 15 is 0 Å². The van der Waals surface area contributed by atoms with Crippen LogP contribution in [0.1, 0.15) is 36.1 Å². The van der Waals surface area contributed by atoms with Crippen molar-refractivity contribution in [3.05, 3.63) is 41.2 Å². The van der Waals surface area contributed by atoms with Crippen molar-refractivity contribution in [1.29, 1.82) is 5.26 Å². The van der Waals surface area contributed by atoms with Crippen molar-refractivity contribution in [2.24, 2.45) is 0 Å². The van der Waals surface area contributed by atoms with Gasteiger partial charge in [0, 0.05) is 13.7 Å². The maximum atomic E-state index is 13.3. The van der Waals surface area contributed by atoms with E-state index in [0.29, 0.717) is 24.6 Å². The minimum Gasteiger partial charge on any atom is -0.377 e. The molecule has 0 saturated heterocycles. The highest BCUT2D eigenvalue weighted by atomic mass is 32.2. The number of halogens is 1. The summed E-state index contributed by atoms with van der Waals surface area (Å²) >= 11 is 0. The van der Waals surface area contributed by atoms with Crippen LogP contribution in [0.4, 0.5) is 4.39 Å². The molecule has 3 rings (SSSR count). The highest BCUT2D eigenvalue weighted by Gasteiger charge is 2.30. The first-order valence-electron chi connectivity index (χ1n) is 7.59. The summed E-state index contributed by atoms with van der Waals surface area (Å²) in [4.78, 5) is 4.07. The third-order valence-corrected chi connectivity index (χ3v) is 5.37. The molecule has 2 heterocycles. The topological polar surface area (TPSA) is 110 Å². The predicted molar refractivity (Wildman–Crippen MR) is 84.1 cm³/mol. The van der Waals surface area contributed by atoms with Crippen molar-refractivity contribution in [1.82, 2.24) is 19.5 Å². The Hall–Kier alpha value is -2.35. The summed E-state index contributed by atoms with van der Waals surface area (Å²) in [6, 6.07) is 4.13. The molecule has 0 spiro atoms. The molecule has 8 nitrogen and oxygen atoms in total. The fraction of sp³-hybridized carbons (Fsp3) is 0.400. The number of benzene rings is 1. The first-order valence-corrected chi connectivity index (χ1v) is 9.07. The lowest BCUT2D eigenvalue weighted by atomic mass is 10.1. The molecule has 0 saturated carbocycles. The second-order valence-corrected chi connectivity index (χ2v) is 7.29. The molecule has 0 aliphatic carbocycles. The van der Waals surface area contributed by atoms with Crippen molar-refractivity contribution in [2.45, 2.75) is 36.9 Å². The Morgan fingerprint density at radius 3 is 3.04 bits per heavy atom. The Balaban J connectivity index is 1.92. The summed E-state index contributed by atoms with van der Waals surface area (Å²) in [5.74, 6) is 0.308. The van der Waals surface area contributed by atoms with Gasteiger partial charge in [-0.05, 0) is 31.0 Å². The third kappa shape index (κ3) is 3.53. The van der Waals surface area contributed by atoms with Crippen LogP contribution in [-0.4, -0.2) is 30.3 Å². The van der Waals surface area contributed by atoms with E-state index in [2.05, 4.69) is 14.8 Å². The first kappa shape index (κ1) is 17.5. The van der Waals surface area contributed by atoms with Crippen LogP contribution in [0.25, 0.3) is 0 Å². The van der Waals surface area contributed by atoms with Crippen LogP contribution >= 0.6 is 0 Å². The Bertz CT molecular complexity index is 935. The summed E-state index contributed by atoms with van der Waals surface area (Å²) in [6.07, 6.45) is 1.28. The molecule has 0 fully saturated rings. The summed E-state index contributed by atoms with van der Waals surface area (Å²) in [6.45, 7) is 0.875. The van der Waals surface area contributed by atoms with Gasteiger partial charge in [-0.1, -0.05) is 0 Å². The maximum absolute atomic E-state index is 13.3. The van der Waals surface area contributed by atoms with Crippen molar-refractivity contribution in [3.63, 3.8) is 0 Å². The Morgan fingerprint density at radius 1 is 1.52 bits per heavy atom. The normalized spacial score (nSPS) is 17.1. The minimum absolute atomic E-state index is 0.232. The van der Waals surface area contributed by atoms with Crippen LogP contribution in [-0.2, 0) is 27.9 Å². The van der Waals surface area contributed by atoms with Crippen LogP contribution in [0.2, 0.25) is 0 Å². The fourth-order valence-electron chi connectivity index (χ4n) is 2.78. The largest absolute Gasteiger partial charge is 0.377 e. The zero-order valence-corrected chi connectivity index (χ0v) is 14.3. The van der Waals surface area contributed by atoms with Crippen LogP contribution in [0.5, 0.6) is 0 Å². The van der Waals surface area contributed by atoms with Gasteiger partial charge in [-0.25, -0.2) is 27.2 Å². The van der Waals surface area contributed by atoms with Gasteiger partial charge in [0.05, 0.1) is 16.5 Å². The molecule has 1 aromatic heterocycles. The molecule has 132 valence electrons. The molecule has 0 radical (unpaired) electrons. The highest BCUT2D eigenvalue weighted by Crippen LogP contribution is 2.26. The Morgan fingerprint density at radius 2 is 2.32 bits per heavy atom. The lowest BCUT2D eigenvalue weighted by Gasteiger charge is -2.23. The number of methoxy groups -OCH3 is 1. The van der Waals surface area contributed by atoms with Gasteiger partial charge >= 0.3 is 0 Å². The van der Waals surface area contributed by atoms with Crippen LogP contribution < -0.4 is 4.72 Å². The lowest BCUT2D eigenvalue weighted by molar-refractivity contribution is 0.177. The number of aromatic nitrogens is 3. The molecule has 1 N–H and O–H groups in total. The molecular formula is C15H16FN5O3S. The molecule has 25 heavy (non-hydrogen) atoms. The third-order valence-electron chi connectivity index (χ3n) is 3.84. The molecule has 10 heteroatoms. The van der Waals surface area contributed by atoms with Gasteiger partial charge in [0.15, 0.2) is 5.82 Å². The summed E-state index contributed by atoms with van der Waals surface area (Å²) in [5, 5.41) is 13.4. The van der Waals surface area contributed by atoms with Gasteiger partial charge in [0.25, 0.3) is 0 Å². The number of ether oxygens (including phenoxy) is 1. The van der Waals surface area contributed by atoms with Crippen LogP contribution in [0.3, 0.4) is 0 Å². The number of nitrogens with one attached hydrogen (secondary N) is 1. The summed E-state index contributed by atoms with van der Waals surface area (Å²) in [7, 11) is -2.49. The van der Waals surface area contributed by atoms with Crippen molar-refractivity contribution >= 4 is 10.0 Å².